The second-order valence-electron chi connectivity index (χ2n) is 9.75. The highest BCUT2D eigenvalue weighted by Crippen LogP contribution is 2.48. The van der Waals surface area contributed by atoms with E-state index >= 15 is 0 Å². The minimum atomic E-state index is -0.715. The lowest BCUT2D eigenvalue weighted by Crippen LogP contribution is -2.47. The summed E-state index contributed by atoms with van der Waals surface area (Å²) in [5, 5.41) is 8.83. The number of allylic oxidation sites excluding steroid dienone is 4. The standard InChI is InChI=1S/C30H37NO3/c1-22(31-34-30(25-12-6-4-7-13-25)26-14-8-5-9-15-26)29-24-20-18-23(19-21-24)27(29)16-10-2-3-11-17-28(32)33/h2,4-10,12-15,18,20,22-24,27,29-31H,3,11,16-17,19,21H2,1H3,(H,32,33). The van der Waals surface area contributed by atoms with Gasteiger partial charge < -0.3 is 5.11 Å². The number of aliphatic carboxylic acids is 1. The molecule has 0 radical (unpaired) electrons. The lowest BCUT2D eigenvalue weighted by Gasteiger charge is -2.47. The molecule has 2 aromatic carbocycles. The van der Waals surface area contributed by atoms with Gasteiger partial charge in [-0.15, -0.1) is 0 Å². The number of benzene rings is 2. The van der Waals surface area contributed by atoms with E-state index in [9.17, 15) is 4.79 Å². The number of hydrogen-bond acceptors (Lipinski definition) is 3. The molecule has 2 N–H and O–H groups in total. The van der Waals surface area contributed by atoms with Crippen LogP contribution in [0.1, 0.15) is 62.7 Å². The van der Waals surface area contributed by atoms with Crippen molar-refractivity contribution in [3.8, 4) is 0 Å². The van der Waals surface area contributed by atoms with Crippen LogP contribution >= 0.6 is 0 Å². The maximum Gasteiger partial charge on any atom is 0.303 e. The van der Waals surface area contributed by atoms with Crippen LogP contribution in [0.2, 0.25) is 0 Å². The number of carbonyl (C=O) groups is 1. The summed E-state index contributed by atoms with van der Waals surface area (Å²) in [5.41, 5.74) is 5.74. The summed E-state index contributed by atoms with van der Waals surface area (Å²) in [4.78, 5) is 17.1. The van der Waals surface area contributed by atoms with E-state index < -0.39 is 5.97 Å². The van der Waals surface area contributed by atoms with Gasteiger partial charge >= 0.3 is 5.97 Å². The molecule has 5 unspecified atom stereocenters. The third kappa shape index (κ3) is 6.25. The summed E-state index contributed by atoms with van der Waals surface area (Å²) in [5.74, 6) is 1.57. The zero-order valence-electron chi connectivity index (χ0n) is 20.1. The van der Waals surface area contributed by atoms with Crippen molar-refractivity contribution >= 4 is 5.97 Å². The van der Waals surface area contributed by atoms with Crippen molar-refractivity contribution < 1.29 is 14.7 Å². The highest BCUT2D eigenvalue weighted by atomic mass is 16.7. The fraction of sp³-hybridized carbons (Fsp3) is 0.433. The molecule has 0 aliphatic heterocycles. The fourth-order valence-electron chi connectivity index (χ4n) is 5.80. The molecule has 2 bridgehead atoms. The van der Waals surface area contributed by atoms with E-state index in [4.69, 9.17) is 9.94 Å². The van der Waals surface area contributed by atoms with Crippen LogP contribution in [-0.2, 0) is 9.63 Å². The SMILES string of the molecule is CC(NOC(c1ccccc1)c1ccccc1)C1C2C=CC(CC2)C1CC=CCCCC(=O)O. The average molecular weight is 460 g/mol. The number of carboxylic acids is 1. The van der Waals surface area contributed by atoms with E-state index in [0.717, 1.165) is 24.0 Å². The second kappa shape index (κ2) is 12.1. The fourth-order valence-corrected chi connectivity index (χ4v) is 5.80. The molecule has 1 fully saturated rings. The van der Waals surface area contributed by atoms with E-state index in [2.05, 4.69) is 85.2 Å². The van der Waals surface area contributed by atoms with Crippen LogP contribution in [0.5, 0.6) is 0 Å². The molecule has 4 nitrogen and oxygen atoms in total. The molecule has 180 valence electrons. The minimum absolute atomic E-state index is 0.159. The van der Waals surface area contributed by atoms with Gasteiger partial charge in [-0.05, 0) is 73.8 Å². The van der Waals surface area contributed by atoms with Crippen LogP contribution < -0.4 is 5.48 Å². The largest absolute Gasteiger partial charge is 0.481 e. The molecule has 5 rings (SSSR count). The zero-order valence-corrected chi connectivity index (χ0v) is 20.1. The van der Waals surface area contributed by atoms with Gasteiger partial charge in [0.1, 0.15) is 6.10 Å². The van der Waals surface area contributed by atoms with E-state index in [1.54, 1.807) is 0 Å². The lowest BCUT2D eigenvalue weighted by molar-refractivity contribution is -0.137. The maximum absolute atomic E-state index is 10.7. The van der Waals surface area contributed by atoms with E-state index in [0.29, 0.717) is 30.1 Å². The molecule has 1 saturated carbocycles. The Bertz CT molecular complexity index is 916. The summed E-state index contributed by atoms with van der Waals surface area (Å²) in [7, 11) is 0. The van der Waals surface area contributed by atoms with Crippen LogP contribution in [0.25, 0.3) is 0 Å². The van der Waals surface area contributed by atoms with Crippen LogP contribution in [0, 0.1) is 23.7 Å². The normalized spacial score (nSPS) is 24.6. The average Bonchev–Trinajstić information content (AvgIpc) is 2.87. The first kappa shape index (κ1) is 24.4. The van der Waals surface area contributed by atoms with Gasteiger partial charge in [-0.25, -0.2) is 0 Å². The van der Waals surface area contributed by atoms with Crippen LogP contribution in [0.4, 0.5) is 0 Å². The summed E-state index contributed by atoms with van der Waals surface area (Å²) in [6.07, 6.45) is 14.5. The third-order valence-electron chi connectivity index (χ3n) is 7.47. The number of hydrogen-bond donors (Lipinski definition) is 2. The van der Waals surface area contributed by atoms with Gasteiger partial charge in [-0.2, -0.15) is 5.48 Å². The van der Waals surface area contributed by atoms with Gasteiger partial charge in [0.2, 0.25) is 0 Å². The Kier molecular flexibility index (Phi) is 8.73. The number of carboxylic acid groups (broad SMARTS) is 1. The highest BCUT2D eigenvalue weighted by Gasteiger charge is 2.42. The molecule has 5 atom stereocenters. The quantitative estimate of drug-likeness (QED) is 0.210. The third-order valence-corrected chi connectivity index (χ3v) is 7.47. The topological polar surface area (TPSA) is 58.6 Å². The molecule has 0 spiro atoms. The molecule has 0 saturated heterocycles. The Morgan fingerprint density at radius 2 is 1.62 bits per heavy atom. The van der Waals surface area contributed by atoms with Crippen molar-refractivity contribution in [3.05, 3.63) is 96.1 Å². The van der Waals surface area contributed by atoms with Crippen molar-refractivity contribution in [3.63, 3.8) is 0 Å². The van der Waals surface area contributed by atoms with Gasteiger partial charge in [-0.3, -0.25) is 9.63 Å². The van der Waals surface area contributed by atoms with Crippen molar-refractivity contribution in [1.29, 1.82) is 0 Å². The van der Waals surface area contributed by atoms with Gasteiger partial charge in [0, 0.05) is 12.5 Å². The van der Waals surface area contributed by atoms with Crippen LogP contribution in [0.15, 0.2) is 85.0 Å². The Labute approximate surface area is 203 Å². The summed E-state index contributed by atoms with van der Waals surface area (Å²) >= 11 is 0. The van der Waals surface area contributed by atoms with E-state index in [-0.39, 0.29) is 18.6 Å². The van der Waals surface area contributed by atoms with Gasteiger partial charge in [0.05, 0.1) is 0 Å². The first-order valence-electron chi connectivity index (χ1n) is 12.7. The molecule has 0 amide bonds. The van der Waals surface area contributed by atoms with Crippen molar-refractivity contribution in [1.82, 2.24) is 5.48 Å². The molecule has 0 heterocycles. The van der Waals surface area contributed by atoms with Gasteiger partial charge in [0.15, 0.2) is 0 Å². The highest BCUT2D eigenvalue weighted by molar-refractivity contribution is 5.66. The number of hydroxylamine groups is 1. The first-order chi connectivity index (χ1) is 16.6. The Morgan fingerprint density at radius 1 is 1.00 bits per heavy atom. The van der Waals surface area contributed by atoms with Gasteiger partial charge in [-0.1, -0.05) is 85.0 Å². The summed E-state index contributed by atoms with van der Waals surface area (Å²) in [6.45, 7) is 2.26. The molecule has 4 heteroatoms. The number of fused-ring (bicyclic) bond motifs is 2. The minimum Gasteiger partial charge on any atom is -0.481 e. The summed E-state index contributed by atoms with van der Waals surface area (Å²) in [6, 6.07) is 21.0. The zero-order chi connectivity index (χ0) is 23.8. The van der Waals surface area contributed by atoms with Gasteiger partial charge in [0.25, 0.3) is 0 Å². The van der Waals surface area contributed by atoms with Crippen LogP contribution in [0.3, 0.4) is 0 Å². The van der Waals surface area contributed by atoms with Crippen molar-refractivity contribution in [2.45, 2.75) is 57.6 Å². The maximum atomic E-state index is 10.7. The predicted molar refractivity (Wildman–Crippen MR) is 136 cm³/mol. The first-order valence-corrected chi connectivity index (χ1v) is 12.7. The summed E-state index contributed by atoms with van der Waals surface area (Å²) < 4.78 is 0. The predicted octanol–water partition coefficient (Wildman–Crippen LogP) is 6.72. The number of nitrogens with one attached hydrogen (secondary N) is 1. The van der Waals surface area contributed by atoms with Crippen LogP contribution in [-0.4, -0.2) is 17.1 Å². The van der Waals surface area contributed by atoms with Crippen molar-refractivity contribution in [2.75, 3.05) is 0 Å². The number of rotatable bonds is 12. The van der Waals surface area contributed by atoms with Crippen molar-refractivity contribution in [2.24, 2.45) is 23.7 Å². The molecule has 34 heavy (non-hydrogen) atoms. The Morgan fingerprint density at radius 3 is 2.21 bits per heavy atom. The smallest absolute Gasteiger partial charge is 0.303 e. The number of unbranched alkanes of at least 4 members (excludes halogenated alkanes) is 1. The Balaban J connectivity index is 1.41. The molecule has 3 aliphatic carbocycles. The second-order valence-corrected chi connectivity index (χ2v) is 9.75. The van der Waals surface area contributed by atoms with E-state index in [1.165, 1.54) is 12.8 Å². The van der Waals surface area contributed by atoms with E-state index in [1.807, 2.05) is 12.1 Å². The molecule has 3 aliphatic rings. The molecule has 0 aromatic heterocycles. The molecular formula is C30H37NO3. The monoisotopic (exact) mass is 459 g/mol. The molecule has 2 aromatic rings. The Hall–Kier alpha value is -2.69. The lowest BCUT2D eigenvalue weighted by atomic mass is 9.59. The molecular weight excluding hydrogens is 422 g/mol.